The quantitative estimate of drug-likeness (QED) is 0.103. The molecule has 1 aromatic carbocycles. The van der Waals surface area contributed by atoms with Crippen LogP contribution in [0.5, 0.6) is 5.75 Å². The van der Waals surface area contributed by atoms with Crippen LogP contribution in [0.3, 0.4) is 0 Å². The second-order valence-electron chi connectivity index (χ2n) is 15.7. The van der Waals surface area contributed by atoms with Gasteiger partial charge >= 0.3 is 12.2 Å². The summed E-state index contributed by atoms with van der Waals surface area (Å²) in [6, 6.07) is 1.97. The summed E-state index contributed by atoms with van der Waals surface area (Å²) in [5.74, 6) is -3.62. The molecule has 1 aromatic rings. The Hall–Kier alpha value is -5.42. The highest BCUT2D eigenvalue weighted by Gasteiger charge is 2.36. The first kappa shape index (κ1) is 45.7. The van der Waals surface area contributed by atoms with E-state index < -0.39 is 89.6 Å². The van der Waals surface area contributed by atoms with Gasteiger partial charge in [-0.15, -0.1) is 0 Å². The Labute approximate surface area is 321 Å². The Morgan fingerprint density at radius 2 is 1.38 bits per heavy atom. The van der Waals surface area contributed by atoms with Gasteiger partial charge in [0.15, 0.2) is 0 Å². The summed E-state index contributed by atoms with van der Waals surface area (Å²) in [5.41, 5.74) is 4.08. The van der Waals surface area contributed by atoms with Gasteiger partial charge in [-0.3, -0.25) is 28.8 Å². The van der Waals surface area contributed by atoms with Gasteiger partial charge in [0.25, 0.3) is 0 Å². The third-order valence-electron chi connectivity index (χ3n) is 7.78. The van der Waals surface area contributed by atoms with Crippen LogP contribution < -0.4 is 37.1 Å². The van der Waals surface area contributed by atoms with Crippen molar-refractivity contribution in [3.8, 4) is 5.75 Å². The second kappa shape index (κ2) is 20.3. The minimum atomic E-state index is -1.20. The Balaban J connectivity index is 2.05. The first-order valence-corrected chi connectivity index (χ1v) is 18.2. The first-order chi connectivity index (χ1) is 25.4. The van der Waals surface area contributed by atoms with E-state index >= 15 is 0 Å². The van der Waals surface area contributed by atoms with E-state index in [1.54, 1.807) is 53.7 Å². The Morgan fingerprint density at radius 3 is 1.95 bits per heavy atom. The molecule has 7 amide bonds. The smallest absolute Gasteiger partial charge is 0.444 e. The highest BCUT2D eigenvalue weighted by Crippen LogP contribution is 2.19. The largest absolute Gasteiger partial charge is 0.514 e. The van der Waals surface area contributed by atoms with Crippen molar-refractivity contribution in [2.45, 2.75) is 123 Å². The van der Waals surface area contributed by atoms with Crippen LogP contribution in [0.1, 0.15) is 87.1 Å². The number of amides is 7. The molecule has 1 heterocycles. The molecule has 7 N–H and O–H groups in total. The zero-order chi connectivity index (χ0) is 41.7. The summed E-state index contributed by atoms with van der Waals surface area (Å²) < 4.78 is 15.7. The molecule has 1 fully saturated rings. The van der Waals surface area contributed by atoms with Gasteiger partial charge in [-0.1, -0.05) is 26.0 Å². The van der Waals surface area contributed by atoms with Gasteiger partial charge in [0.05, 0.1) is 13.1 Å². The van der Waals surface area contributed by atoms with Crippen molar-refractivity contribution in [2.24, 2.45) is 11.7 Å². The summed E-state index contributed by atoms with van der Waals surface area (Å²) >= 11 is 0. The summed E-state index contributed by atoms with van der Waals surface area (Å²) in [7, 11) is 0. The Bertz CT molecular complexity index is 1550. The van der Waals surface area contributed by atoms with Crippen LogP contribution in [0.4, 0.5) is 9.59 Å². The number of carbonyl (C=O) groups excluding carboxylic acids is 8. The van der Waals surface area contributed by atoms with Gasteiger partial charge in [-0.05, 0) is 91.3 Å². The van der Waals surface area contributed by atoms with E-state index in [4.69, 9.17) is 19.9 Å². The number of benzene rings is 1. The number of nitrogens with two attached hydrogens (primary N) is 1. The fraction of sp³-hybridized carbons (Fsp3) is 0.622. The molecule has 55 heavy (non-hydrogen) atoms. The average Bonchev–Trinajstić information content (AvgIpc) is 3.54. The maximum atomic E-state index is 13.4. The molecule has 0 radical (unpaired) electrons. The number of primary amides is 1. The van der Waals surface area contributed by atoms with E-state index in [0.29, 0.717) is 18.4 Å². The molecular formula is C37H57N7O11. The monoisotopic (exact) mass is 775 g/mol. The maximum absolute atomic E-state index is 13.4. The number of rotatable bonds is 16. The zero-order valence-corrected chi connectivity index (χ0v) is 33.2. The van der Waals surface area contributed by atoms with Gasteiger partial charge in [0.2, 0.25) is 35.4 Å². The van der Waals surface area contributed by atoms with Crippen LogP contribution in [0.25, 0.3) is 0 Å². The van der Waals surface area contributed by atoms with Crippen LogP contribution in [-0.4, -0.2) is 108 Å². The lowest BCUT2D eigenvalue weighted by molar-refractivity contribution is -0.140. The minimum Gasteiger partial charge on any atom is -0.444 e. The first-order valence-electron chi connectivity index (χ1n) is 18.2. The van der Waals surface area contributed by atoms with Crippen LogP contribution >= 0.6 is 0 Å². The maximum Gasteiger partial charge on any atom is 0.514 e. The molecule has 18 nitrogen and oxygen atoms in total. The van der Waals surface area contributed by atoms with E-state index in [1.165, 1.54) is 24.0 Å². The van der Waals surface area contributed by atoms with Crippen LogP contribution in [0.2, 0.25) is 0 Å². The predicted molar refractivity (Wildman–Crippen MR) is 199 cm³/mol. The molecule has 1 aliphatic rings. The molecule has 0 saturated carbocycles. The van der Waals surface area contributed by atoms with Crippen LogP contribution in [0, 0.1) is 5.92 Å². The molecule has 306 valence electrons. The summed E-state index contributed by atoms with van der Waals surface area (Å²) in [6.45, 7) is 14.6. The van der Waals surface area contributed by atoms with E-state index in [0.717, 1.165) is 0 Å². The molecule has 1 aliphatic heterocycles. The molecule has 1 saturated heterocycles. The third kappa shape index (κ3) is 17.1. The van der Waals surface area contributed by atoms with E-state index in [2.05, 4.69) is 26.6 Å². The normalized spacial score (nSPS) is 15.8. The lowest BCUT2D eigenvalue weighted by Crippen LogP contribution is -2.56. The average molecular weight is 776 g/mol. The Kier molecular flexibility index (Phi) is 16.9. The second-order valence-corrected chi connectivity index (χ2v) is 15.7. The third-order valence-corrected chi connectivity index (χ3v) is 7.78. The lowest BCUT2D eigenvalue weighted by Gasteiger charge is -2.27. The fourth-order valence-electron chi connectivity index (χ4n) is 5.36. The van der Waals surface area contributed by atoms with E-state index in [9.17, 15) is 38.4 Å². The number of likely N-dealkylation sites (tertiary alicyclic amines) is 1. The standard InChI is InChI=1S/C37H57N7O11/c1-21(2)17-25(31(48)39-19-28(38)45)42-33(50)27-11-10-16-44(27)29(46)20-40-30(47)22(3)41-32(49)26(43-34(51)54-36(4,5)6)18-23-12-14-24(15-13-23)53-35(52)55-37(7,8)9/h12-15,21-22,25-27H,10-11,16-20H2,1-9H3,(H2,38,45)(H,39,48)(H,40,47)(H,41,49)(H,42,50)(H,43,51). The molecule has 0 bridgehead atoms. The number of hydrogen-bond acceptors (Lipinski definition) is 11. The minimum absolute atomic E-state index is 0.0194. The number of carbonyl (C=O) groups is 8. The van der Waals surface area contributed by atoms with Crippen LogP contribution in [0.15, 0.2) is 24.3 Å². The number of nitrogens with one attached hydrogen (secondary N) is 5. The van der Waals surface area contributed by atoms with Crippen molar-refractivity contribution < 1.29 is 52.6 Å². The van der Waals surface area contributed by atoms with Gasteiger partial charge in [-0.2, -0.15) is 0 Å². The van der Waals surface area contributed by atoms with Crippen molar-refractivity contribution in [1.82, 2.24) is 31.5 Å². The van der Waals surface area contributed by atoms with Crippen molar-refractivity contribution in [2.75, 3.05) is 19.6 Å². The molecular weight excluding hydrogens is 718 g/mol. The zero-order valence-electron chi connectivity index (χ0n) is 33.2. The van der Waals surface area contributed by atoms with Crippen molar-refractivity contribution in [3.05, 3.63) is 29.8 Å². The molecule has 2 rings (SSSR count). The highest BCUT2D eigenvalue weighted by molar-refractivity contribution is 5.95. The Morgan fingerprint density at radius 1 is 0.782 bits per heavy atom. The van der Waals surface area contributed by atoms with Crippen molar-refractivity contribution >= 4 is 47.7 Å². The molecule has 18 heteroatoms. The molecule has 4 unspecified atom stereocenters. The number of nitrogens with zero attached hydrogens (tertiary/aromatic N) is 1. The topological polar surface area (TPSA) is 254 Å². The van der Waals surface area contributed by atoms with E-state index in [1.807, 2.05) is 13.8 Å². The summed E-state index contributed by atoms with van der Waals surface area (Å²) in [6.07, 6.45) is -0.666. The molecule has 0 aliphatic carbocycles. The van der Waals surface area contributed by atoms with Gasteiger partial charge in [0, 0.05) is 13.0 Å². The highest BCUT2D eigenvalue weighted by atomic mass is 16.7. The van der Waals surface area contributed by atoms with Crippen LogP contribution in [-0.2, 0) is 44.7 Å². The molecule has 0 aromatic heterocycles. The number of alkyl carbamates (subject to hydrolysis) is 1. The van der Waals surface area contributed by atoms with Gasteiger partial charge < -0.3 is 51.4 Å². The molecule has 4 atom stereocenters. The SMILES string of the molecule is CC(C)CC(NC(=O)C1CCCN1C(=O)CNC(=O)C(C)NC(=O)C(Cc1ccc(OC(=O)OC(C)(C)C)cc1)NC(=O)OC(C)(C)C)C(=O)NCC(N)=O. The van der Waals surface area contributed by atoms with E-state index in [-0.39, 0.29) is 37.6 Å². The van der Waals surface area contributed by atoms with Crippen molar-refractivity contribution in [3.63, 3.8) is 0 Å². The summed E-state index contributed by atoms with van der Waals surface area (Å²) in [5, 5.41) is 12.6. The lowest BCUT2D eigenvalue weighted by atomic mass is 10.0. The predicted octanol–water partition coefficient (Wildman–Crippen LogP) is 1.18. The molecule has 0 spiro atoms. The van der Waals surface area contributed by atoms with Crippen molar-refractivity contribution in [1.29, 1.82) is 0 Å². The fourth-order valence-corrected chi connectivity index (χ4v) is 5.36. The number of ether oxygens (including phenoxy) is 3. The van der Waals surface area contributed by atoms with Gasteiger partial charge in [0.1, 0.15) is 41.1 Å². The number of hydrogen-bond donors (Lipinski definition) is 6. The van der Waals surface area contributed by atoms with Gasteiger partial charge in [-0.25, -0.2) is 9.59 Å². The summed E-state index contributed by atoms with van der Waals surface area (Å²) in [4.78, 5) is 103.